The second-order valence-corrected chi connectivity index (χ2v) is 15.8. The topological polar surface area (TPSA) is 182 Å². The number of hydrogen-bond donors (Lipinski definition) is 5. The van der Waals surface area contributed by atoms with E-state index in [2.05, 4.69) is 5.32 Å². The first-order chi connectivity index (χ1) is 22.6. The second-order valence-electron chi connectivity index (χ2n) is 15.8. The Labute approximate surface area is 292 Å². The van der Waals surface area contributed by atoms with Crippen molar-refractivity contribution in [2.45, 2.75) is 179 Å². The molecule has 5 N–H and O–H groups in total. The van der Waals surface area contributed by atoms with Gasteiger partial charge in [-0.15, -0.1) is 0 Å². The lowest BCUT2D eigenvalue weighted by Gasteiger charge is -2.48. The number of rotatable bonds is 7. The number of ketones is 1. The molecule has 0 aromatic heterocycles. The Kier molecular flexibility index (Phi) is 14.3. The quantitative estimate of drug-likeness (QED) is 0.244. The van der Waals surface area contributed by atoms with E-state index in [1.54, 1.807) is 48.8 Å². The number of methoxy groups -OCH3 is 1. The molecule has 0 unspecified atom stereocenters. The van der Waals surface area contributed by atoms with Crippen molar-refractivity contribution >= 4 is 11.8 Å². The largest absolute Gasteiger partial charge is 0.459 e. The zero-order valence-electron chi connectivity index (χ0n) is 31.7. The van der Waals surface area contributed by atoms with Gasteiger partial charge in [-0.05, 0) is 67.9 Å². The number of aliphatic hydroxyl groups excluding tert-OH is 2. The molecular weight excluding hydrogens is 638 g/mol. The van der Waals surface area contributed by atoms with E-state index in [-0.39, 0.29) is 36.9 Å². The molecule has 3 aliphatic heterocycles. The highest BCUT2D eigenvalue weighted by Gasteiger charge is 2.52. The molecule has 0 saturated carbocycles. The lowest BCUT2D eigenvalue weighted by atomic mass is 9.74. The minimum absolute atomic E-state index is 0.102. The summed E-state index contributed by atoms with van der Waals surface area (Å²) in [5.74, 6) is -4.71. The van der Waals surface area contributed by atoms with Crippen molar-refractivity contribution in [1.82, 2.24) is 5.32 Å². The zero-order chi connectivity index (χ0) is 37.2. The van der Waals surface area contributed by atoms with Gasteiger partial charge in [0.1, 0.15) is 23.6 Å². The number of nitrogens with one attached hydrogen (secondary N) is 1. The van der Waals surface area contributed by atoms with Gasteiger partial charge in [0.05, 0.1) is 47.6 Å². The summed E-state index contributed by atoms with van der Waals surface area (Å²) >= 11 is 0. The molecule has 13 nitrogen and oxygen atoms in total. The van der Waals surface area contributed by atoms with Crippen LogP contribution in [0.15, 0.2) is 0 Å². The standard InChI is InChI=1S/C36H65NO12/c1-13-25-36(10,43)30(40)21(5)27(38)18(2)15-35(9,42)31(49-33-28(39)24(37-11)14-19(3)46-33)22(6)29(23(7)32(41)47-25)48-26-17-34(8,44-12)16-20(4)45-26/h18-26,28-31,33,37,39-40,42-43H,13-17H2,1-12H3/t18-,19-,20+,21+,22+,23-,24+,25-,26+,28-,29+,30-,31-,33+,34+,35-,36-/m1/s1. The maximum Gasteiger partial charge on any atom is 0.311 e. The minimum Gasteiger partial charge on any atom is -0.459 e. The fraction of sp³-hybridized carbons (Fsp3) is 0.944. The molecule has 0 aromatic rings. The van der Waals surface area contributed by atoms with Gasteiger partial charge in [0.2, 0.25) is 0 Å². The van der Waals surface area contributed by atoms with Gasteiger partial charge in [0.25, 0.3) is 0 Å². The van der Waals surface area contributed by atoms with Crippen molar-refractivity contribution in [1.29, 1.82) is 0 Å². The molecule has 0 aliphatic carbocycles. The molecule has 0 aromatic carbocycles. The van der Waals surface area contributed by atoms with E-state index in [1.165, 1.54) is 13.8 Å². The Morgan fingerprint density at radius 3 is 2.10 bits per heavy atom. The highest BCUT2D eigenvalue weighted by molar-refractivity contribution is 5.83. The highest BCUT2D eigenvalue weighted by atomic mass is 16.7. The SMILES string of the molecule is CC[C@H]1OC(=O)[C@H](C)[C@@H](O[C@H]2C[C@@](C)(OC)C[C@H](C)O2)[C@H](C)[C@@H](O[C@@H]2O[C@H](C)C[C@H](NC)[C@H]2O)[C@](C)(O)C[C@@H](C)C(=O)[C@H](C)[C@@H](O)[C@]1(C)O. The molecule has 0 radical (unpaired) electrons. The number of carbonyl (C=O) groups excluding carboxylic acids is 2. The van der Waals surface area contributed by atoms with Gasteiger partial charge >= 0.3 is 5.97 Å². The molecule has 3 aliphatic rings. The summed E-state index contributed by atoms with van der Waals surface area (Å²) in [5.41, 5.74) is -4.27. The number of Topliss-reactive ketones (excluding diaryl/α,β-unsaturated/α-hetero) is 1. The summed E-state index contributed by atoms with van der Waals surface area (Å²) in [6, 6.07) is -0.348. The summed E-state index contributed by atoms with van der Waals surface area (Å²) in [4.78, 5) is 27.8. The molecule has 3 fully saturated rings. The molecular formula is C36H65NO12. The van der Waals surface area contributed by atoms with Crippen molar-refractivity contribution < 1.29 is 58.4 Å². The Bertz CT molecular complexity index is 1100. The fourth-order valence-corrected chi connectivity index (χ4v) is 8.26. The average Bonchev–Trinajstić information content (AvgIpc) is 3.02. The molecule has 3 saturated heterocycles. The fourth-order valence-electron chi connectivity index (χ4n) is 8.26. The van der Waals surface area contributed by atoms with E-state index >= 15 is 0 Å². The molecule has 13 heteroatoms. The monoisotopic (exact) mass is 703 g/mol. The molecule has 0 amide bonds. The predicted molar refractivity (Wildman–Crippen MR) is 180 cm³/mol. The van der Waals surface area contributed by atoms with Crippen LogP contribution in [0.2, 0.25) is 0 Å². The summed E-state index contributed by atoms with van der Waals surface area (Å²) in [6.07, 6.45) is -6.85. The van der Waals surface area contributed by atoms with Crippen LogP contribution < -0.4 is 5.32 Å². The van der Waals surface area contributed by atoms with Crippen LogP contribution in [0.25, 0.3) is 0 Å². The summed E-state index contributed by atoms with van der Waals surface area (Å²) in [6.45, 7) is 17.0. The maximum absolute atomic E-state index is 14.0. The van der Waals surface area contributed by atoms with Crippen LogP contribution in [0.4, 0.5) is 0 Å². The lowest BCUT2D eigenvalue weighted by molar-refractivity contribution is -0.306. The van der Waals surface area contributed by atoms with E-state index < -0.39 is 89.5 Å². The minimum atomic E-state index is -1.96. The van der Waals surface area contributed by atoms with Gasteiger partial charge in [0.15, 0.2) is 12.6 Å². The number of ether oxygens (including phenoxy) is 6. The van der Waals surface area contributed by atoms with Gasteiger partial charge in [-0.2, -0.15) is 0 Å². The van der Waals surface area contributed by atoms with Crippen LogP contribution in [0, 0.1) is 23.7 Å². The highest BCUT2D eigenvalue weighted by Crippen LogP contribution is 2.40. The molecule has 0 spiro atoms. The van der Waals surface area contributed by atoms with Crippen LogP contribution in [-0.4, -0.2) is 124 Å². The van der Waals surface area contributed by atoms with E-state index in [1.807, 2.05) is 20.8 Å². The summed E-state index contributed by atoms with van der Waals surface area (Å²) in [7, 11) is 3.37. The summed E-state index contributed by atoms with van der Waals surface area (Å²) < 4.78 is 37.3. The van der Waals surface area contributed by atoms with Crippen molar-refractivity contribution in [3.63, 3.8) is 0 Å². The van der Waals surface area contributed by atoms with Crippen LogP contribution >= 0.6 is 0 Å². The van der Waals surface area contributed by atoms with Gasteiger partial charge in [-0.3, -0.25) is 9.59 Å². The number of esters is 1. The lowest BCUT2D eigenvalue weighted by Crippen LogP contribution is -2.60. The number of cyclic esters (lactones) is 1. The number of aliphatic hydroxyl groups is 4. The number of carbonyl (C=O) groups is 2. The molecule has 0 bridgehead atoms. The van der Waals surface area contributed by atoms with Gasteiger partial charge in [-0.25, -0.2) is 0 Å². The number of likely N-dealkylation sites (N-methyl/N-ethyl adjacent to an activating group) is 1. The van der Waals surface area contributed by atoms with Gasteiger partial charge in [0, 0.05) is 43.7 Å². The van der Waals surface area contributed by atoms with Crippen molar-refractivity contribution in [3.8, 4) is 0 Å². The van der Waals surface area contributed by atoms with E-state index in [0.29, 0.717) is 19.3 Å². The smallest absolute Gasteiger partial charge is 0.311 e. The van der Waals surface area contributed by atoms with Crippen molar-refractivity contribution in [3.05, 3.63) is 0 Å². The van der Waals surface area contributed by atoms with Crippen LogP contribution in [-0.2, 0) is 38.0 Å². The van der Waals surface area contributed by atoms with Gasteiger partial charge < -0.3 is 54.2 Å². The zero-order valence-corrected chi connectivity index (χ0v) is 31.7. The Morgan fingerprint density at radius 1 is 0.898 bits per heavy atom. The first kappa shape index (κ1) is 42.2. The number of hydrogen-bond acceptors (Lipinski definition) is 13. The Morgan fingerprint density at radius 2 is 1.53 bits per heavy atom. The van der Waals surface area contributed by atoms with E-state index in [4.69, 9.17) is 28.4 Å². The Balaban J connectivity index is 2.16. The first-order valence-electron chi connectivity index (χ1n) is 18.0. The Hall–Kier alpha value is -1.26. The van der Waals surface area contributed by atoms with Crippen LogP contribution in [0.1, 0.15) is 101 Å². The van der Waals surface area contributed by atoms with E-state index in [9.17, 15) is 30.0 Å². The third kappa shape index (κ3) is 9.60. The van der Waals surface area contributed by atoms with E-state index in [0.717, 1.165) is 0 Å². The third-order valence-electron chi connectivity index (χ3n) is 11.3. The summed E-state index contributed by atoms with van der Waals surface area (Å²) in [5, 5.41) is 49.6. The predicted octanol–water partition coefficient (Wildman–Crippen LogP) is 2.47. The van der Waals surface area contributed by atoms with Crippen molar-refractivity contribution in [2.75, 3.05) is 14.2 Å². The first-order valence-corrected chi connectivity index (χ1v) is 18.0. The van der Waals surface area contributed by atoms with Crippen molar-refractivity contribution in [2.24, 2.45) is 23.7 Å². The molecule has 3 heterocycles. The molecule has 286 valence electrons. The normalized spacial score (nSPS) is 49.6. The molecule has 17 atom stereocenters. The van der Waals surface area contributed by atoms with Crippen LogP contribution in [0.5, 0.6) is 0 Å². The third-order valence-corrected chi connectivity index (χ3v) is 11.3. The molecule has 3 rings (SSSR count). The molecule has 49 heavy (non-hydrogen) atoms. The van der Waals surface area contributed by atoms with Crippen LogP contribution in [0.3, 0.4) is 0 Å². The average molecular weight is 704 g/mol. The van der Waals surface area contributed by atoms with Gasteiger partial charge in [-0.1, -0.05) is 27.7 Å². The maximum atomic E-state index is 14.0. The second kappa shape index (κ2) is 16.6.